The van der Waals surface area contributed by atoms with E-state index in [-0.39, 0.29) is 5.75 Å². The molecular formula is C13H15ClN2O2. The van der Waals surface area contributed by atoms with E-state index in [1.165, 1.54) is 0 Å². The number of aromatic hydroxyl groups is 1. The summed E-state index contributed by atoms with van der Waals surface area (Å²) in [5.74, 6) is 0.174. The standard InChI is InChI=1S/C13H15ClN2O2/c1-8-4-12(17)10(5-11(8)14)13-9(7-18-3)6-16(2)15-13/h4-6,17H,7H2,1-3H3. The van der Waals surface area contributed by atoms with Crippen molar-refractivity contribution in [1.82, 2.24) is 9.78 Å². The minimum atomic E-state index is 0.174. The Kier molecular flexibility index (Phi) is 3.59. The molecule has 4 nitrogen and oxygen atoms in total. The molecule has 2 aromatic rings. The minimum Gasteiger partial charge on any atom is -0.507 e. The van der Waals surface area contributed by atoms with Crippen LogP contribution in [0.3, 0.4) is 0 Å². The lowest BCUT2D eigenvalue weighted by molar-refractivity contribution is 0.185. The van der Waals surface area contributed by atoms with Gasteiger partial charge < -0.3 is 9.84 Å². The zero-order chi connectivity index (χ0) is 13.3. The van der Waals surface area contributed by atoms with Gasteiger partial charge >= 0.3 is 0 Å². The second-order valence-corrected chi connectivity index (χ2v) is 4.64. The highest BCUT2D eigenvalue weighted by Gasteiger charge is 2.15. The van der Waals surface area contributed by atoms with Crippen molar-refractivity contribution in [2.75, 3.05) is 7.11 Å². The number of phenolic OH excluding ortho intramolecular Hbond substituents is 1. The monoisotopic (exact) mass is 266 g/mol. The van der Waals surface area contributed by atoms with E-state index < -0.39 is 0 Å². The van der Waals surface area contributed by atoms with Crippen molar-refractivity contribution in [3.63, 3.8) is 0 Å². The summed E-state index contributed by atoms with van der Waals surface area (Å²) in [6.45, 7) is 2.29. The first kappa shape index (κ1) is 12.9. The maximum atomic E-state index is 10.0. The van der Waals surface area contributed by atoms with Gasteiger partial charge in [-0.3, -0.25) is 4.68 Å². The van der Waals surface area contributed by atoms with E-state index >= 15 is 0 Å². The third-order valence-corrected chi connectivity index (χ3v) is 3.14. The van der Waals surface area contributed by atoms with E-state index in [9.17, 15) is 5.11 Å². The van der Waals surface area contributed by atoms with Crippen LogP contribution in [0.1, 0.15) is 11.1 Å². The number of halogens is 1. The molecule has 0 aliphatic rings. The average molecular weight is 267 g/mol. The fourth-order valence-electron chi connectivity index (χ4n) is 1.88. The Bertz CT molecular complexity index is 579. The number of hydrogen-bond acceptors (Lipinski definition) is 3. The Hall–Kier alpha value is -1.52. The van der Waals surface area contributed by atoms with Crippen LogP contribution in [0.15, 0.2) is 18.3 Å². The zero-order valence-corrected chi connectivity index (χ0v) is 11.3. The zero-order valence-electron chi connectivity index (χ0n) is 10.6. The van der Waals surface area contributed by atoms with Gasteiger partial charge in [-0.1, -0.05) is 11.6 Å². The van der Waals surface area contributed by atoms with Crippen LogP contribution in [0.5, 0.6) is 5.75 Å². The fourth-order valence-corrected chi connectivity index (χ4v) is 2.05. The van der Waals surface area contributed by atoms with E-state index in [0.717, 1.165) is 11.1 Å². The van der Waals surface area contributed by atoms with Crippen molar-refractivity contribution in [1.29, 1.82) is 0 Å². The molecule has 0 saturated heterocycles. The summed E-state index contributed by atoms with van der Waals surface area (Å²) in [6, 6.07) is 3.37. The van der Waals surface area contributed by atoms with Crippen LogP contribution in [-0.2, 0) is 18.4 Å². The second kappa shape index (κ2) is 5.00. The third kappa shape index (κ3) is 2.35. The predicted octanol–water partition coefficient (Wildman–Crippen LogP) is 2.90. The summed E-state index contributed by atoms with van der Waals surface area (Å²) in [7, 11) is 3.45. The van der Waals surface area contributed by atoms with Crippen LogP contribution in [-0.4, -0.2) is 22.0 Å². The fraction of sp³-hybridized carbons (Fsp3) is 0.308. The van der Waals surface area contributed by atoms with E-state index in [2.05, 4.69) is 5.10 Å². The van der Waals surface area contributed by atoms with Crippen molar-refractivity contribution in [3.05, 3.63) is 34.5 Å². The Balaban J connectivity index is 2.57. The Morgan fingerprint density at radius 2 is 2.17 bits per heavy atom. The predicted molar refractivity (Wildman–Crippen MR) is 70.8 cm³/mol. The second-order valence-electron chi connectivity index (χ2n) is 4.23. The number of hydrogen-bond donors (Lipinski definition) is 1. The lowest BCUT2D eigenvalue weighted by Crippen LogP contribution is -1.91. The van der Waals surface area contributed by atoms with Crippen molar-refractivity contribution in [2.24, 2.45) is 7.05 Å². The molecule has 2 rings (SSSR count). The van der Waals surface area contributed by atoms with E-state index in [1.54, 1.807) is 23.9 Å². The Morgan fingerprint density at radius 1 is 1.44 bits per heavy atom. The third-order valence-electron chi connectivity index (χ3n) is 2.74. The topological polar surface area (TPSA) is 47.3 Å². The van der Waals surface area contributed by atoms with Gasteiger partial charge in [0, 0.05) is 36.5 Å². The van der Waals surface area contributed by atoms with Gasteiger partial charge in [0.1, 0.15) is 11.4 Å². The quantitative estimate of drug-likeness (QED) is 0.929. The highest BCUT2D eigenvalue weighted by atomic mass is 35.5. The molecule has 96 valence electrons. The van der Waals surface area contributed by atoms with Crippen LogP contribution in [0.25, 0.3) is 11.3 Å². The van der Waals surface area contributed by atoms with Crippen molar-refractivity contribution >= 4 is 11.6 Å². The Morgan fingerprint density at radius 3 is 2.83 bits per heavy atom. The summed E-state index contributed by atoms with van der Waals surface area (Å²) < 4.78 is 6.82. The summed E-state index contributed by atoms with van der Waals surface area (Å²) in [5, 5.41) is 15.0. The molecule has 5 heteroatoms. The van der Waals surface area contributed by atoms with Crippen LogP contribution >= 0.6 is 11.6 Å². The largest absolute Gasteiger partial charge is 0.507 e. The molecule has 0 atom stereocenters. The van der Waals surface area contributed by atoms with Gasteiger partial charge in [0.2, 0.25) is 0 Å². The van der Waals surface area contributed by atoms with E-state index in [1.807, 2.05) is 20.2 Å². The maximum Gasteiger partial charge on any atom is 0.125 e. The normalized spacial score (nSPS) is 10.9. The molecule has 1 heterocycles. The molecule has 0 saturated carbocycles. The number of rotatable bonds is 3. The Labute approximate surface area is 111 Å². The molecule has 1 aromatic carbocycles. The number of nitrogens with zero attached hydrogens (tertiary/aromatic N) is 2. The van der Waals surface area contributed by atoms with Crippen LogP contribution < -0.4 is 0 Å². The van der Waals surface area contributed by atoms with Gasteiger partial charge in [-0.25, -0.2) is 0 Å². The molecule has 0 unspecified atom stereocenters. The molecule has 1 aromatic heterocycles. The van der Waals surface area contributed by atoms with Crippen LogP contribution in [0.2, 0.25) is 5.02 Å². The van der Waals surface area contributed by atoms with Gasteiger partial charge in [-0.2, -0.15) is 5.10 Å². The van der Waals surface area contributed by atoms with Gasteiger partial charge in [-0.15, -0.1) is 0 Å². The van der Waals surface area contributed by atoms with Gasteiger partial charge in [0.15, 0.2) is 0 Å². The van der Waals surface area contributed by atoms with Crippen molar-refractivity contribution in [2.45, 2.75) is 13.5 Å². The number of benzene rings is 1. The summed E-state index contributed by atoms with van der Waals surface area (Å²) in [5.41, 5.74) is 3.06. The maximum absolute atomic E-state index is 10.0. The van der Waals surface area contributed by atoms with Gasteiger partial charge in [-0.05, 0) is 24.6 Å². The number of aryl methyl sites for hydroxylation is 2. The lowest BCUT2D eigenvalue weighted by Gasteiger charge is -2.07. The summed E-state index contributed by atoms with van der Waals surface area (Å²) >= 11 is 6.09. The number of aromatic nitrogens is 2. The molecule has 1 N–H and O–H groups in total. The van der Waals surface area contributed by atoms with Gasteiger partial charge in [0.25, 0.3) is 0 Å². The van der Waals surface area contributed by atoms with Crippen LogP contribution in [0.4, 0.5) is 0 Å². The van der Waals surface area contributed by atoms with Crippen molar-refractivity contribution in [3.8, 4) is 17.0 Å². The number of ether oxygens (including phenoxy) is 1. The highest BCUT2D eigenvalue weighted by Crippen LogP contribution is 2.34. The minimum absolute atomic E-state index is 0.174. The van der Waals surface area contributed by atoms with Crippen molar-refractivity contribution < 1.29 is 9.84 Å². The number of methoxy groups -OCH3 is 1. The average Bonchev–Trinajstić information content (AvgIpc) is 2.65. The SMILES string of the molecule is COCc1cn(C)nc1-c1cc(Cl)c(C)cc1O. The lowest BCUT2D eigenvalue weighted by atomic mass is 10.1. The molecule has 0 amide bonds. The number of phenols is 1. The highest BCUT2D eigenvalue weighted by molar-refractivity contribution is 6.31. The molecule has 18 heavy (non-hydrogen) atoms. The van der Waals surface area contributed by atoms with Gasteiger partial charge in [0.05, 0.1) is 6.61 Å². The van der Waals surface area contributed by atoms with Crippen LogP contribution in [0, 0.1) is 6.92 Å². The first-order valence-electron chi connectivity index (χ1n) is 5.54. The molecule has 0 spiro atoms. The first-order valence-corrected chi connectivity index (χ1v) is 5.91. The molecule has 0 aliphatic carbocycles. The molecule has 0 fully saturated rings. The first-order chi connectivity index (χ1) is 8.52. The molecule has 0 radical (unpaired) electrons. The molecule has 0 bridgehead atoms. The molecule has 0 aliphatic heterocycles. The van der Waals surface area contributed by atoms with E-state index in [0.29, 0.717) is 22.9 Å². The summed E-state index contributed by atoms with van der Waals surface area (Å²) in [6.07, 6.45) is 1.87. The summed E-state index contributed by atoms with van der Waals surface area (Å²) in [4.78, 5) is 0. The van der Waals surface area contributed by atoms with E-state index in [4.69, 9.17) is 16.3 Å². The molecular weight excluding hydrogens is 252 g/mol. The smallest absolute Gasteiger partial charge is 0.125 e.